The van der Waals surface area contributed by atoms with Gasteiger partial charge in [0, 0.05) is 22.7 Å². The zero-order valence-electron chi connectivity index (χ0n) is 11.9. The number of hydrogen-bond donors (Lipinski definition) is 3. The van der Waals surface area contributed by atoms with Crippen molar-refractivity contribution in [3.05, 3.63) is 29.3 Å². The predicted molar refractivity (Wildman–Crippen MR) is 77.9 cm³/mol. The Morgan fingerprint density at radius 2 is 2.25 bits per heavy atom. The van der Waals surface area contributed by atoms with Crippen LogP contribution in [0.4, 0.5) is 0 Å². The molecule has 1 saturated carbocycles. The van der Waals surface area contributed by atoms with E-state index in [1.54, 1.807) is 25.1 Å². The van der Waals surface area contributed by atoms with Crippen LogP contribution in [0.15, 0.2) is 18.2 Å². The zero-order valence-corrected chi connectivity index (χ0v) is 11.9. The summed E-state index contributed by atoms with van der Waals surface area (Å²) in [4.78, 5) is 12.4. The molecule has 1 aliphatic carbocycles. The second-order valence-corrected chi connectivity index (χ2v) is 6.17. The Morgan fingerprint density at radius 1 is 1.45 bits per heavy atom. The highest BCUT2D eigenvalue weighted by molar-refractivity contribution is 5.96. The highest BCUT2D eigenvalue weighted by Crippen LogP contribution is 2.38. The number of aromatic hydroxyl groups is 1. The monoisotopic (exact) mass is 274 g/mol. The van der Waals surface area contributed by atoms with E-state index in [1.165, 1.54) is 19.3 Å². The molecule has 1 aliphatic heterocycles. The molecule has 1 heterocycles. The molecule has 0 radical (unpaired) electrons. The summed E-state index contributed by atoms with van der Waals surface area (Å²) in [5.41, 5.74) is 1.51. The molecule has 1 aromatic carbocycles. The molecule has 108 valence electrons. The lowest BCUT2D eigenvalue weighted by Gasteiger charge is -2.48. The highest BCUT2D eigenvalue weighted by atomic mass is 16.3. The average Bonchev–Trinajstić information content (AvgIpc) is 2.40. The molecule has 2 aliphatic rings. The molecule has 4 nitrogen and oxygen atoms in total. The number of rotatable bonds is 2. The molecule has 4 heteroatoms. The number of phenolic OH excluding ortho intramolecular Hbond substituents is 1. The fourth-order valence-electron chi connectivity index (χ4n) is 3.40. The molecule has 0 aromatic heterocycles. The summed E-state index contributed by atoms with van der Waals surface area (Å²) in [7, 11) is 0. The number of hydrogen-bond acceptors (Lipinski definition) is 3. The molecule has 1 aromatic rings. The van der Waals surface area contributed by atoms with Gasteiger partial charge >= 0.3 is 0 Å². The standard InChI is InChI=1S/C16H22N2O2/c1-11-13(4-2-5-14(11)19)15(20)18-12-6-9-17-16(10-12)7-3-8-16/h2,4-5,12,17,19H,3,6-10H2,1H3,(H,18,20). The number of phenols is 1. The lowest BCUT2D eigenvalue weighted by atomic mass is 9.70. The Balaban J connectivity index is 1.68. The first-order valence-corrected chi connectivity index (χ1v) is 7.44. The lowest BCUT2D eigenvalue weighted by Crippen LogP contribution is -2.59. The average molecular weight is 274 g/mol. The van der Waals surface area contributed by atoms with E-state index >= 15 is 0 Å². The van der Waals surface area contributed by atoms with Gasteiger partial charge in [0.1, 0.15) is 5.75 Å². The summed E-state index contributed by atoms with van der Waals surface area (Å²) in [5.74, 6) is 0.109. The predicted octanol–water partition coefficient (Wildman–Crippen LogP) is 2.11. The van der Waals surface area contributed by atoms with E-state index in [-0.39, 0.29) is 23.2 Å². The molecule has 2 fully saturated rings. The van der Waals surface area contributed by atoms with Gasteiger partial charge < -0.3 is 15.7 Å². The summed E-state index contributed by atoms with van der Waals surface area (Å²) in [6.07, 6.45) is 5.75. The van der Waals surface area contributed by atoms with Gasteiger partial charge in [-0.15, -0.1) is 0 Å². The Bertz CT molecular complexity index is 523. The van der Waals surface area contributed by atoms with Gasteiger partial charge in [0.15, 0.2) is 0 Å². The van der Waals surface area contributed by atoms with E-state index in [2.05, 4.69) is 10.6 Å². The van der Waals surface area contributed by atoms with Crippen molar-refractivity contribution in [3.63, 3.8) is 0 Å². The molecular formula is C16H22N2O2. The Labute approximate surface area is 119 Å². The van der Waals surface area contributed by atoms with Gasteiger partial charge in [0.2, 0.25) is 0 Å². The summed E-state index contributed by atoms with van der Waals surface area (Å²) >= 11 is 0. The number of benzene rings is 1. The minimum absolute atomic E-state index is 0.0697. The van der Waals surface area contributed by atoms with Crippen LogP contribution in [0.25, 0.3) is 0 Å². The van der Waals surface area contributed by atoms with Crippen molar-refractivity contribution >= 4 is 5.91 Å². The molecule has 3 rings (SSSR count). The van der Waals surface area contributed by atoms with Gasteiger partial charge in [0.25, 0.3) is 5.91 Å². The molecule has 1 amide bonds. The van der Waals surface area contributed by atoms with Crippen molar-refractivity contribution in [2.45, 2.75) is 50.6 Å². The topological polar surface area (TPSA) is 61.4 Å². The number of amides is 1. The van der Waals surface area contributed by atoms with Crippen molar-refractivity contribution in [1.29, 1.82) is 0 Å². The van der Waals surface area contributed by atoms with Crippen LogP contribution >= 0.6 is 0 Å². The molecular weight excluding hydrogens is 252 g/mol. The van der Waals surface area contributed by atoms with Crippen LogP contribution in [-0.2, 0) is 0 Å². The summed E-state index contributed by atoms with van der Waals surface area (Å²) in [6, 6.07) is 5.34. The molecule has 1 saturated heterocycles. The maximum atomic E-state index is 12.4. The van der Waals surface area contributed by atoms with E-state index in [0.717, 1.165) is 19.4 Å². The molecule has 0 bridgehead atoms. The molecule has 1 atom stereocenters. The van der Waals surface area contributed by atoms with E-state index in [0.29, 0.717) is 11.1 Å². The van der Waals surface area contributed by atoms with Crippen molar-refractivity contribution in [1.82, 2.24) is 10.6 Å². The van der Waals surface area contributed by atoms with Crippen molar-refractivity contribution in [2.24, 2.45) is 0 Å². The van der Waals surface area contributed by atoms with Crippen LogP contribution < -0.4 is 10.6 Å². The van der Waals surface area contributed by atoms with E-state index in [9.17, 15) is 9.90 Å². The first kappa shape index (κ1) is 13.4. The summed E-state index contributed by atoms with van der Waals surface area (Å²) in [6.45, 7) is 2.75. The third-order valence-corrected chi connectivity index (χ3v) is 4.83. The second kappa shape index (κ2) is 5.09. The van der Waals surface area contributed by atoms with Gasteiger partial charge in [-0.05, 0) is 57.7 Å². The Kier molecular flexibility index (Phi) is 3.42. The fourth-order valence-corrected chi connectivity index (χ4v) is 3.40. The number of carbonyl (C=O) groups is 1. The fraction of sp³-hybridized carbons (Fsp3) is 0.562. The Hall–Kier alpha value is -1.55. The second-order valence-electron chi connectivity index (χ2n) is 6.17. The van der Waals surface area contributed by atoms with Crippen LogP contribution in [0.5, 0.6) is 5.75 Å². The van der Waals surface area contributed by atoms with Crippen molar-refractivity contribution < 1.29 is 9.90 Å². The zero-order chi connectivity index (χ0) is 14.2. The molecule has 1 spiro atoms. The number of piperidine rings is 1. The summed E-state index contributed by atoms with van der Waals surface area (Å²) in [5, 5.41) is 16.4. The minimum Gasteiger partial charge on any atom is -0.508 e. The van der Waals surface area contributed by atoms with E-state index < -0.39 is 0 Å². The van der Waals surface area contributed by atoms with Crippen LogP contribution in [0.1, 0.15) is 48.0 Å². The molecule has 1 unspecified atom stereocenters. The maximum Gasteiger partial charge on any atom is 0.251 e. The molecule has 20 heavy (non-hydrogen) atoms. The molecule has 3 N–H and O–H groups in total. The van der Waals surface area contributed by atoms with E-state index in [4.69, 9.17) is 0 Å². The third kappa shape index (κ3) is 2.40. The van der Waals surface area contributed by atoms with Gasteiger partial charge in [0.05, 0.1) is 0 Å². The smallest absolute Gasteiger partial charge is 0.251 e. The highest BCUT2D eigenvalue weighted by Gasteiger charge is 2.41. The van der Waals surface area contributed by atoms with Crippen LogP contribution in [0, 0.1) is 6.92 Å². The van der Waals surface area contributed by atoms with Gasteiger partial charge in [-0.1, -0.05) is 6.07 Å². The van der Waals surface area contributed by atoms with E-state index in [1.807, 2.05) is 0 Å². The minimum atomic E-state index is -0.0697. The van der Waals surface area contributed by atoms with Crippen molar-refractivity contribution in [3.8, 4) is 5.75 Å². The van der Waals surface area contributed by atoms with Crippen LogP contribution in [0.3, 0.4) is 0 Å². The first-order chi connectivity index (χ1) is 9.60. The third-order valence-electron chi connectivity index (χ3n) is 4.83. The SMILES string of the molecule is Cc1c(O)cccc1C(=O)NC1CCNC2(CCC2)C1. The number of nitrogens with one attached hydrogen (secondary N) is 2. The first-order valence-electron chi connectivity index (χ1n) is 7.44. The van der Waals surface area contributed by atoms with Crippen molar-refractivity contribution in [2.75, 3.05) is 6.54 Å². The largest absolute Gasteiger partial charge is 0.508 e. The quantitative estimate of drug-likeness (QED) is 0.774. The van der Waals surface area contributed by atoms with Crippen LogP contribution in [0.2, 0.25) is 0 Å². The van der Waals surface area contributed by atoms with Crippen LogP contribution in [-0.4, -0.2) is 29.1 Å². The maximum absolute atomic E-state index is 12.4. The normalized spacial score (nSPS) is 24.1. The number of carbonyl (C=O) groups excluding carboxylic acids is 1. The van der Waals surface area contributed by atoms with Gasteiger partial charge in [-0.3, -0.25) is 4.79 Å². The van der Waals surface area contributed by atoms with Gasteiger partial charge in [-0.25, -0.2) is 0 Å². The summed E-state index contributed by atoms with van der Waals surface area (Å²) < 4.78 is 0. The Morgan fingerprint density at radius 3 is 2.95 bits per heavy atom. The lowest BCUT2D eigenvalue weighted by molar-refractivity contribution is 0.0852. The van der Waals surface area contributed by atoms with Gasteiger partial charge in [-0.2, -0.15) is 0 Å².